The smallest absolute Gasteiger partial charge is 0.248 e. The predicted molar refractivity (Wildman–Crippen MR) is 85.6 cm³/mol. The Bertz CT molecular complexity index is 631. The van der Waals surface area contributed by atoms with Crippen molar-refractivity contribution in [1.82, 2.24) is 0 Å². The molecule has 0 saturated heterocycles. The number of carbonyl (C=O) groups is 1. The number of rotatable bonds is 3. The first-order valence-corrected chi connectivity index (χ1v) is 7.47. The minimum absolute atomic E-state index is 0.113. The van der Waals surface area contributed by atoms with E-state index < -0.39 is 0 Å². The van der Waals surface area contributed by atoms with Crippen molar-refractivity contribution in [3.8, 4) is 0 Å². The summed E-state index contributed by atoms with van der Waals surface area (Å²) in [5, 5.41) is 2.90. The van der Waals surface area contributed by atoms with Gasteiger partial charge < -0.3 is 5.32 Å². The maximum absolute atomic E-state index is 11.9. The van der Waals surface area contributed by atoms with E-state index in [1.807, 2.05) is 50.3 Å². The van der Waals surface area contributed by atoms with Gasteiger partial charge in [0.05, 0.1) is 3.79 Å². The Morgan fingerprint density at radius 1 is 1.26 bits per heavy atom. The van der Waals surface area contributed by atoms with Crippen molar-refractivity contribution in [1.29, 1.82) is 0 Å². The second kappa shape index (κ2) is 6.17. The van der Waals surface area contributed by atoms with Gasteiger partial charge in [0.25, 0.3) is 0 Å². The van der Waals surface area contributed by atoms with Crippen LogP contribution in [-0.4, -0.2) is 5.91 Å². The van der Waals surface area contributed by atoms with Crippen molar-refractivity contribution in [2.24, 2.45) is 0 Å². The number of nitrogens with one attached hydrogen (secondary N) is 1. The van der Waals surface area contributed by atoms with Gasteiger partial charge in [0.2, 0.25) is 5.91 Å². The zero-order chi connectivity index (χ0) is 13.8. The summed E-state index contributed by atoms with van der Waals surface area (Å²) in [5.41, 5.74) is 3.06. The molecule has 1 heterocycles. The number of anilines is 1. The molecule has 0 spiro atoms. The van der Waals surface area contributed by atoms with Crippen molar-refractivity contribution in [2.75, 3.05) is 5.32 Å². The Balaban J connectivity index is 2.05. The minimum atomic E-state index is -0.113. The highest BCUT2D eigenvalue weighted by molar-refractivity contribution is 9.11. The fourth-order valence-electron chi connectivity index (χ4n) is 1.62. The van der Waals surface area contributed by atoms with Crippen LogP contribution in [0.2, 0.25) is 0 Å². The predicted octanol–water partition coefficient (Wildman–Crippen LogP) is 4.78. The van der Waals surface area contributed by atoms with Crippen LogP contribution in [0.3, 0.4) is 0 Å². The number of thiophene rings is 1. The molecule has 2 nitrogen and oxygen atoms in total. The number of carbonyl (C=O) groups excluding carboxylic acids is 1. The monoisotopic (exact) mass is 335 g/mol. The fraction of sp³-hybridized carbons (Fsp3) is 0.133. The molecule has 0 radical (unpaired) electrons. The molecule has 0 unspecified atom stereocenters. The van der Waals surface area contributed by atoms with Crippen LogP contribution in [0.5, 0.6) is 0 Å². The third kappa shape index (κ3) is 4.04. The molecule has 19 heavy (non-hydrogen) atoms. The fourth-order valence-corrected chi connectivity index (χ4v) is 2.95. The normalized spacial score (nSPS) is 10.9. The molecule has 0 fully saturated rings. The molecule has 0 aliphatic heterocycles. The maximum Gasteiger partial charge on any atom is 0.248 e. The number of amides is 1. The SMILES string of the molecule is Cc1ccc(C)c(NC(=O)/C=C/c2ccc(Br)s2)c1. The molecular formula is C15H14BrNOS. The molecule has 1 aromatic heterocycles. The van der Waals surface area contributed by atoms with Crippen molar-refractivity contribution in [3.63, 3.8) is 0 Å². The molecule has 1 amide bonds. The van der Waals surface area contributed by atoms with E-state index in [2.05, 4.69) is 21.2 Å². The molecule has 1 N–H and O–H groups in total. The molecule has 0 aliphatic rings. The zero-order valence-electron chi connectivity index (χ0n) is 10.7. The zero-order valence-corrected chi connectivity index (χ0v) is 13.1. The molecule has 0 atom stereocenters. The topological polar surface area (TPSA) is 29.1 Å². The molecule has 4 heteroatoms. The summed E-state index contributed by atoms with van der Waals surface area (Å²) >= 11 is 4.99. The lowest BCUT2D eigenvalue weighted by molar-refractivity contribution is -0.111. The summed E-state index contributed by atoms with van der Waals surface area (Å²) in [6, 6.07) is 9.95. The number of hydrogen-bond donors (Lipinski definition) is 1. The number of halogens is 1. The first-order chi connectivity index (χ1) is 9.04. The van der Waals surface area contributed by atoms with Gasteiger partial charge >= 0.3 is 0 Å². The van der Waals surface area contributed by atoms with Gasteiger partial charge in [0.15, 0.2) is 0 Å². The summed E-state index contributed by atoms with van der Waals surface area (Å²) in [6.45, 7) is 3.99. The molecule has 1 aromatic carbocycles. The van der Waals surface area contributed by atoms with Crippen LogP contribution in [0, 0.1) is 13.8 Å². The highest BCUT2D eigenvalue weighted by Crippen LogP contribution is 2.23. The van der Waals surface area contributed by atoms with E-state index in [-0.39, 0.29) is 5.91 Å². The summed E-state index contributed by atoms with van der Waals surface area (Å²) in [6.07, 6.45) is 3.37. The summed E-state index contributed by atoms with van der Waals surface area (Å²) in [4.78, 5) is 12.9. The van der Waals surface area contributed by atoms with Gasteiger partial charge in [-0.3, -0.25) is 4.79 Å². The standard InChI is InChI=1S/C15H14BrNOS/c1-10-3-4-11(2)13(9-10)17-15(18)8-6-12-5-7-14(16)19-12/h3-9H,1-2H3,(H,17,18)/b8-6+. The molecular weight excluding hydrogens is 322 g/mol. The number of benzene rings is 1. The molecule has 0 aliphatic carbocycles. The van der Waals surface area contributed by atoms with Crippen molar-refractivity contribution >= 4 is 44.9 Å². The maximum atomic E-state index is 11.9. The highest BCUT2D eigenvalue weighted by atomic mass is 79.9. The van der Waals surface area contributed by atoms with Crippen LogP contribution in [-0.2, 0) is 4.79 Å². The Labute approximate surface area is 125 Å². The Hall–Kier alpha value is -1.39. The molecule has 2 rings (SSSR count). The summed E-state index contributed by atoms with van der Waals surface area (Å²) < 4.78 is 1.06. The number of aryl methyl sites for hydroxylation is 2. The van der Waals surface area contributed by atoms with Crippen LogP contribution in [0.15, 0.2) is 40.2 Å². The van der Waals surface area contributed by atoms with Gasteiger partial charge in [0.1, 0.15) is 0 Å². The van der Waals surface area contributed by atoms with Gasteiger partial charge in [-0.2, -0.15) is 0 Å². The summed E-state index contributed by atoms with van der Waals surface area (Å²) in [5.74, 6) is -0.113. The average molecular weight is 336 g/mol. The van der Waals surface area contributed by atoms with Gasteiger partial charge in [0, 0.05) is 16.6 Å². The molecule has 0 bridgehead atoms. The average Bonchev–Trinajstić information content (AvgIpc) is 2.77. The quantitative estimate of drug-likeness (QED) is 0.803. The first kappa shape index (κ1) is 14.0. The second-order valence-electron chi connectivity index (χ2n) is 4.28. The molecule has 2 aromatic rings. The van der Waals surface area contributed by atoms with E-state index in [9.17, 15) is 4.79 Å². The highest BCUT2D eigenvalue weighted by Gasteiger charge is 2.02. The van der Waals surface area contributed by atoms with E-state index in [0.29, 0.717) is 0 Å². The van der Waals surface area contributed by atoms with Crippen LogP contribution in [0.4, 0.5) is 5.69 Å². The second-order valence-corrected chi connectivity index (χ2v) is 6.78. The van der Waals surface area contributed by atoms with Gasteiger partial charge in [-0.05, 0) is 65.2 Å². The molecule has 98 valence electrons. The first-order valence-electron chi connectivity index (χ1n) is 5.86. The van der Waals surface area contributed by atoms with Crippen LogP contribution in [0.1, 0.15) is 16.0 Å². The van der Waals surface area contributed by atoms with Crippen LogP contribution >= 0.6 is 27.3 Å². The van der Waals surface area contributed by atoms with E-state index in [0.717, 1.165) is 25.5 Å². The lowest BCUT2D eigenvalue weighted by atomic mass is 10.1. The van der Waals surface area contributed by atoms with Gasteiger partial charge in [-0.25, -0.2) is 0 Å². The Morgan fingerprint density at radius 3 is 2.74 bits per heavy atom. The number of hydrogen-bond acceptors (Lipinski definition) is 2. The lowest BCUT2D eigenvalue weighted by Gasteiger charge is -2.07. The van der Waals surface area contributed by atoms with E-state index in [1.165, 1.54) is 0 Å². The van der Waals surface area contributed by atoms with Crippen molar-refractivity contribution < 1.29 is 4.79 Å². The van der Waals surface area contributed by atoms with Crippen LogP contribution in [0.25, 0.3) is 6.08 Å². The van der Waals surface area contributed by atoms with E-state index >= 15 is 0 Å². The largest absolute Gasteiger partial charge is 0.322 e. The van der Waals surface area contributed by atoms with E-state index in [4.69, 9.17) is 0 Å². The Kier molecular flexibility index (Phi) is 4.56. The lowest BCUT2D eigenvalue weighted by Crippen LogP contribution is -2.08. The molecule has 0 saturated carbocycles. The van der Waals surface area contributed by atoms with Crippen molar-refractivity contribution in [2.45, 2.75) is 13.8 Å². The van der Waals surface area contributed by atoms with Gasteiger partial charge in [-0.15, -0.1) is 11.3 Å². The van der Waals surface area contributed by atoms with Crippen molar-refractivity contribution in [3.05, 3.63) is 56.2 Å². The minimum Gasteiger partial charge on any atom is -0.322 e. The van der Waals surface area contributed by atoms with Crippen LogP contribution < -0.4 is 5.32 Å². The third-order valence-electron chi connectivity index (χ3n) is 2.64. The third-order valence-corrected chi connectivity index (χ3v) is 4.23. The Morgan fingerprint density at radius 2 is 2.05 bits per heavy atom. The van der Waals surface area contributed by atoms with Gasteiger partial charge in [-0.1, -0.05) is 12.1 Å². The summed E-state index contributed by atoms with van der Waals surface area (Å²) in [7, 11) is 0. The van der Waals surface area contributed by atoms with E-state index in [1.54, 1.807) is 17.4 Å².